The predicted octanol–water partition coefficient (Wildman–Crippen LogP) is 4.20. The Morgan fingerprint density at radius 1 is 1.31 bits per heavy atom. The molecule has 0 bridgehead atoms. The lowest BCUT2D eigenvalue weighted by atomic mass is 10.2. The zero-order chi connectivity index (χ0) is 12.4. The van der Waals surface area contributed by atoms with Gasteiger partial charge in [0.2, 0.25) is 0 Å². The van der Waals surface area contributed by atoms with Crippen molar-refractivity contribution in [2.75, 3.05) is 6.61 Å². The molecule has 0 fully saturated rings. The molecule has 0 saturated carbocycles. The molecule has 0 aromatic carbocycles. The quantitative estimate of drug-likeness (QED) is 0.277. The van der Waals surface area contributed by atoms with Gasteiger partial charge in [0.15, 0.2) is 0 Å². The number of halogens is 1. The Bertz CT molecular complexity index is 257. The van der Waals surface area contributed by atoms with Crippen LogP contribution in [-0.4, -0.2) is 12.6 Å². The molecule has 0 aromatic rings. The average molecular weight is 245 g/mol. The zero-order valence-corrected chi connectivity index (χ0v) is 11.0. The van der Waals surface area contributed by atoms with Crippen molar-refractivity contribution in [1.82, 2.24) is 0 Å². The number of ether oxygens (including phenoxy) is 1. The molecule has 0 atom stereocenters. The maximum Gasteiger partial charge on any atom is 0.334 e. The Hall–Kier alpha value is -0.760. The summed E-state index contributed by atoms with van der Waals surface area (Å²) in [5, 5.41) is 0.361. The van der Waals surface area contributed by atoms with E-state index in [0.29, 0.717) is 23.6 Å². The molecule has 0 aromatic heterocycles. The molecule has 0 N–H and O–H groups in total. The van der Waals surface area contributed by atoms with Gasteiger partial charge in [-0.05, 0) is 18.9 Å². The van der Waals surface area contributed by atoms with E-state index in [9.17, 15) is 4.79 Å². The summed E-state index contributed by atoms with van der Waals surface area (Å²) in [7, 11) is 0. The third-order valence-electron chi connectivity index (χ3n) is 2.20. The van der Waals surface area contributed by atoms with Crippen molar-refractivity contribution in [2.45, 2.75) is 46.0 Å². The van der Waals surface area contributed by atoms with E-state index in [1.807, 2.05) is 6.92 Å². The highest BCUT2D eigenvalue weighted by atomic mass is 35.5. The summed E-state index contributed by atoms with van der Waals surface area (Å²) >= 11 is 5.62. The highest BCUT2D eigenvalue weighted by Crippen LogP contribution is 2.10. The van der Waals surface area contributed by atoms with E-state index in [1.54, 1.807) is 6.08 Å². The van der Waals surface area contributed by atoms with Crippen molar-refractivity contribution >= 4 is 17.6 Å². The summed E-state index contributed by atoms with van der Waals surface area (Å²) in [6, 6.07) is 0. The van der Waals surface area contributed by atoms with E-state index < -0.39 is 0 Å². The lowest BCUT2D eigenvalue weighted by Gasteiger charge is -2.06. The van der Waals surface area contributed by atoms with Crippen LogP contribution in [-0.2, 0) is 9.53 Å². The highest BCUT2D eigenvalue weighted by molar-refractivity contribution is 6.31. The fraction of sp³-hybridized carbons (Fsp3) is 0.615. The Morgan fingerprint density at radius 3 is 2.50 bits per heavy atom. The number of carbonyl (C=O) groups is 1. The molecule has 0 aliphatic rings. The van der Waals surface area contributed by atoms with Crippen LogP contribution in [0.5, 0.6) is 0 Å². The number of esters is 1. The van der Waals surface area contributed by atoms with Gasteiger partial charge in [-0.3, -0.25) is 0 Å². The molecule has 0 amide bonds. The van der Waals surface area contributed by atoms with Crippen LogP contribution < -0.4 is 0 Å². The molecular formula is C13H21ClO2. The molecule has 0 rings (SSSR count). The summed E-state index contributed by atoms with van der Waals surface area (Å²) in [5.74, 6) is -0.277. The average Bonchev–Trinajstić information content (AvgIpc) is 2.25. The molecule has 0 unspecified atom stereocenters. The topological polar surface area (TPSA) is 26.3 Å². The van der Waals surface area contributed by atoms with Gasteiger partial charge in [-0.2, -0.15) is 0 Å². The van der Waals surface area contributed by atoms with E-state index >= 15 is 0 Å². The van der Waals surface area contributed by atoms with Gasteiger partial charge in [0.05, 0.1) is 6.61 Å². The van der Waals surface area contributed by atoms with Crippen LogP contribution >= 0.6 is 11.6 Å². The molecule has 0 saturated heterocycles. The second-order valence-electron chi connectivity index (χ2n) is 3.67. The van der Waals surface area contributed by atoms with E-state index in [4.69, 9.17) is 16.3 Å². The van der Waals surface area contributed by atoms with Gasteiger partial charge in [-0.1, -0.05) is 51.3 Å². The Morgan fingerprint density at radius 2 is 2.00 bits per heavy atom. The van der Waals surface area contributed by atoms with Crippen LogP contribution in [0.2, 0.25) is 0 Å². The Labute approximate surface area is 103 Å². The van der Waals surface area contributed by atoms with Crippen LogP contribution in [0.15, 0.2) is 23.3 Å². The molecule has 0 aliphatic heterocycles. The molecule has 0 aliphatic carbocycles. The van der Waals surface area contributed by atoms with Crippen LogP contribution in [0.1, 0.15) is 46.0 Å². The van der Waals surface area contributed by atoms with Crippen LogP contribution in [0.4, 0.5) is 0 Å². The second-order valence-corrected chi connectivity index (χ2v) is 4.15. The van der Waals surface area contributed by atoms with E-state index in [1.165, 1.54) is 12.8 Å². The standard InChI is InChI=1S/C13H21ClO2/c1-4-6-7-8-9-16-13(15)12(5-2)10-11(3)14/h10H,3-9H2,1-2H3. The molecular weight excluding hydrogens is 224 g/mol. The monoisotopic (exact) mass is 244 g/mol. The molecule has 0 heterocycles. The number of hydrogen-bond donors (Lipinski definition) is 0. The fourth-order valence-electron chi connectivity index (χ4n) is 1.28. The number of carbonyl (C=O) groups excluding carboxylic acids is 1. The minimum atomic E-state index is -0.277. The van der Waals surface area contributed by atoms with Crippen LogP contribution in [0.3, 0.4) is 0 Å². The Balaban J connectivity index is 3.90. The summed E-state index contributed by atoms with van der Waals surface area (Å²) < 4.78 is 5.14. The van der Waals surface area contributed by atoms with Crippen molar-refractivity contribution in [1.29, 1.82) is 0 Å². The van der Waals surface area contributed by atoms with E-state index in [2.05, 4.69) is 13.5 Å². The van der Waals surface area contributed by atoms with E-state index in [-0.39, 0.29) is 5.97 Å². The smallest absolute Gasteiger partial charge is 0.334 e. The minimum Gasteiger partial charge on any atom is -0.462 e. The largest absolute Gasteiger partial charge is 0.462 e. The number of unbranched alkanes of at least 4 members (excludes halogenated alkanes) is 3. The highest BCUT2D eigenvalue weighted by Gasteiger charge is 2.08. The third-order valence-corrected chi connectivity index (χ3v) is 2.31. The predicted molar refractivity (Wildman–Crippen MR) is 68.5 cm³/mol. The van der Waals surface area contributed by atoms with Crippen molar-refractivity contribution in [3.63, 3.8) is 0 Å². The summed E-state index contributed by atoms with van der Waals surface area (Å²) in [5.41, 5.74) is 0.579. The molecule has 0 radical (unpaired) electrons. The first kappa shape index (κ1) is 15.2. The van der Waals surface area contributed by atoms with Crippen molar-refractivity contribution < 1.29 is 9.53 Å². The van der Waals surface area contributed by atoms with Crippen molar-refractivity contribution in [3.8, 4) is 0 Å². The maximum absolute atomic E-state index is 11.6. The zero-order valence-electron chi connectivity index (χ0n) is 10.2. The normalized spacial score (nSPS) is 11.3. The lowest BCUT2D eigenvalue weighted by molar-refractivity contribution is -0.139. The molecule has 92 valence electrons. The molecule has 3 heteroatoms. The first-order valence-electron chi connectivity index (χ1n) is 5.83. The minimum absolute atomic E-state index is 0.277. The first-order valence-corrected chi connectivity index (χ1v) is 6.21. The number of allylic oxidation sites excluding steroid dienone is 2. The van der Waals surface area contributed by atoms with Gasteiger partial charge < -0.3 is 4.74 Å². The maximum atomic E-state index is 11.6. The number of hydrogen-bond acceptors (Lipinski definition) is 2. The van der Waals surface area contributed by atoms with Gasteiger partial charge >= 0.3 is 5.97 Å². The molecule has 2 nitrogen and oxygen atoms in total. The first-order chi connectivity index (χ1) is 7.61. The van der Waals surface area contributed by atoms with Gasteiger partial charge in [-0.25, -0.2) is 4.79 Å². The fourth-order valence-corrected chi connectivity index (χ4v) is 1.41. The van der Waals surface area contributed by atoms with Gasteiger partial charge in [0, 0.05) is 10.6 Å². The SMILES string of the molecule is C=C(Cl)C=C(CC)C(=O)OCCCCCC. The Kier molecular flexibility index (Phi) is 9.02. The molecule has 16 heavy (non-hydrogen) atoms. The third kappa shape index (κ3) is 7.52. The summed E-state index contributed by atoms with van der Waals surface area (Å²) in [4.78, 5) is 11.6. The van der Waals surface area contributed by atoms with Crippen molar-refractivity contribution in [3.05, 3.63) is 23.3 Å². The van der Waals surface area contributed by atoms with Gasteiger partial charge in [0.1, 0.15) is 0 Å². The summed E-state index contributed by atoms with van der Waals surface area (Å²) in [6.45, 7) is 8.06. The number of rotatable bonds is 8. The van der Waals surface area contributed by atoms with E-state index in [0.717, 1.165) is 12.8 Å². The summed E-state index contributed by atoms with van der Waals surface area (Å²) in [6.07, 6.45) is 6.58. The molecule has 0 spiro atoms. The van der Waals surface area contributed by atoms with Crippen molar-refractivity contribution in [2.24, 2.45) is 0 Å². The van der Waals surface area contributed by atoms with Crippen LogP contribution in [0, 0.1) is 0 Å². The van der Waals surface area contributed by atoms with Crippen LogP contribution in [0.25, 0.3) is 0 Å². The van der Waals surface area contributed by atoms with Gasteiger partial charge in [0.25, 0.3) is 0 Å². The van der Waals surface area contributed by atoms with Gasteiger partial charge in [-0.15, -0.1) is 0 Å². The second kappa shape index (κ2) is 9.46. The lowest BCUT2D eigenvalue weighted by Crippen LogP contribution is -2.08.